The van der Waals surface area contributed by atoms with Gasteiger partial charge in [-0.3, -0.25) is 0 Å². The largest absolute Gasteiger partial charge is 0.486 e. The Morgan fingerprint density at radius 2 is 1.82 bits per heavy atom. The molecule has 6 nitrogen and oxygen atoms in total. The first-order valence-corrected chi connectivity index (χ1v) is 13.7. The predicted molar refractivity (Wildman–Crippen MR) is 147 cm³/mol. The molecule has 3 heterocycles. The summed E-state index contributed by atoms with van der Waals surface area (Å²) in [5.41, 5.74) is 6.29. The number of hydrogen-bond acceptors (Lipinski definition) is 6. The number of rotatable bonds is 5. The maximum absolute atomic E-state index is 15.1. The molecule has 0 bridgehead atoms. The number of fused-ring (bicyclic) bond motifs is 2. The Hall–Kier alpha value is -3.26. The van der Waals surface area contributed by atoms with E-state index in [2.05, 4.69) is 44.3 Å². The van der Waals surface area contributed by atoms with Gasteiger partial charge >= 0.3 is 0 Å². The van der Waals surface area contributed by atoms with Crippen LogP contribution in [0.15, 0.2) is 30.5 Å². The first-order chi connectivity index (χ1) is 18.4. The molecule has 200 valence electrons. The second-order valence-corrected chi connectivity index (χ2v) is 11.0. The molecule has 1 aliphatic carbocycles. The van der Waals surface area contributed by atoms with E-state index in [1.807, 2.05) is 13.8 Å². The minimum absolute atomic E-state index is 0.0677. The molecule has 1 aromatic heterocycles. The summed E-state index contributed by atoms with van der Waals surface area (Å²) in [6, 6.07) is 7.60. The van der Waals surface area contributed by atoms with E-state index in [1.165, 1.54) is 35.6 Å². The topological polar surface area (TPSA) is 53.5 Å². The van der Waals surface area contributed by atoms with Gasteiger partial charge in [-0.05, 0) is 107 Å². The molecule has 2 aliphatic heterocycles. The molecule has 0 atom stereocenters. The highest BCUT2D eigenvalue weighted by Crippen LogP contribution is 2.41. The molecule has 1 fully saturated rings. The van der Waals surface area contributed by atoms with Gasteiger partial charge in [-0.25, -0.2) is 18.7 Å². The van der Waals surface area contributed by atoms with Crippen LogP contribution in [0.25, 0.3) is 11.3 Å². The molecule has 3 aromatic rings. The maximum atomic E-state index is 15.1. The Kier molecular flexibility index (Phi) is 6.68. The normalized spacial score (nSPS) is 17.9. The summed E-state index contributed by atoms with van der Waals surface area (Å²) in [6.07, 6.45) is 6.77. The summed E-state index contributed by atoms with van der Waals surface area (Å²) >= 11 is 0. The Labute approximate surface area is 223 Å². The van der Waals surface area contributed by atoms with Gasteiger partial charge in [0, 0.05) is 17.3 Å². The zero-order valence-corrected chi connectivity index (χ0v) is 22.4. The lowest BCUT2D eigenvalue weighted by Crippen LogP contribution is -2.38. The molecule has 3 aliphatic rings. The molecule has 0 unspecified atom stereocenters. The number of nitrogens with one attached hydrogen (secondary N) is 1. The number of nitrogens with zero attached hydrogens (tertiary/aromatic N) is 4. The molecule has 6 rings (SSSR count). The lowest BCUT2D eigenvalue weighted by atomic mass is 9.85. The van der Waals surface area contributed by atoms with Crippen molar-refractivity contribution in [1.82, 2.24) is 14.9 Å². The quantitative estimate of drug-likeness (QED) is 0.442. The summed E-state index contributed by atoms with van der Waals surface area (Å²) in [7, 11) is 2.19. The van der Waals surface area contributed by atoms with Gasteiger partial charge < -0.3 is 19.9 Å². The van der Waals surface area contributed by atoms with Gasteiger partial charge in [0.15, 0.2) is 17.4 Å². The molecule has 1 N–H and O–H groups in total. The lowest BCUT2D eigenvalue weighted by molar-refractivity contribution is 0.255. The predicted octanol–water partition coefficient (Wildman–Crippen LogP) is 6.07. The highest BCUT2D eigenvalue weighted by atomic mass is 19.1. The van der Waals surface area contributed by atoms with Crippen LogP contribution in [-0.4, -0.2) is 54.2 Å². The first-order valence-electron chi connectivity index (χ1n) is 13.7. The fourth-order valence-electron chi connectivity index (χ4n) is 6.28. The van der Waals surface area contributed by atoms with Crippen molar-refractivity contribution in [3.8, 4) is 17.0 Å². The fraction of sp³-hybridized carbons (Fsp3) is 0.467. The number of aromatic nitrogens is 2. The van der Waals surface area contributed by atoms with Crippen molar-refractivity contribution in [3.05, 3.63) is 58.8 Å². The summed E-state index contributed by atoms with van der Waals surface area (Å²) in [4.78, 5) is 13.2. The SMILES string of the molecule is CC(C)N1CCOc2c(F)cc(-c3nc(Nc4ccc(C5CCN(C)CC5)c5c4CCC5)ncc3F)cc21. The molecular weight excluding hydrogens is 484 g/mol. The van der Waals surface area contributed by atoms with Crippen molar-refractivity contribution in [2.24, 2.45) is 0 Å². The Balaban J connectivity index is 1.32. The summed E-state index contributed by atoms with van der Waals surface area (Å²) in [5, 5.41) is 3.36. The van der Waals surface area contributed by atoms with Crippen LogP contribution < -0.4 is 15.0 Å². The average molecular weight is 520 g/mol. The van der Waals surface area contributed by atoms with Crippen molar-refractivity contribution >= 4 is 17.3 Å². The van der Waals surface area contributed by atoms with Crippen molar-refractivity contribution in [1.29, 1.82) is 0 Å². The monoisotopic (exact) mass is 519 g/mol. The van der Waals surface area contributed by atoms with Gasteiger partial charge in [-0.2, -0.15) is 0 Å². The van der Waals surface area contributed by atoms with Gasteiger partial charge in [0.25, 0.3) is 0 Å². The minimum Gasteiger partial charge on any atom is -0.486 e. The first kappa shape index (κ1) is 25.0. The smallest absolute Gasteiger partial charge is 0.227 e. The summed E-state index contributed by atoms with van der Waals surface area (Å²) in [6.45, 7) is 7.42. The van der Waals surface area contributed by atoms with E-state index in [4.69, 9.17) is 4.74 Å². The highest BCUT2D eigenvalue weighted by molar-refractivity contribution is 5.73. The molecular formula is C30H35F2N5O. The number of halogens is 2. The number of hydrogen-bond donors (Lipinski definition) is 1. The Morgan fingerprint density at radius 1 is 1.03 bits per heavy atom. The fourth-order valence-corrected chi connectivity index (χ4v) is 6.28. The van der Waals surface area contributed by atoms with Gasteiger partial charge in [0.05, 0.1) is 18.4 Å². The molecule has 38 heavy (non-hydrogen) atoms. The van der Waals surface area contributed by atoms with Crippen LogP contribution >= 0.6 is 0 Å². The van der Waals surface area contributed by atoms with E-state index >= 15 is 4.39 Å². The van der Waals surface area contributed by atoms with Crippen molar-refractivity contribution in [2.45, 2.75) is 57.9 Å². The Bertz CT molecular complexity index is 1350. The van der Waals surface area contributed by atoms with Crippen LogP contribution in [0, 0.1) is 11.6 Å². The minimum atomic E-state index is -0.592. The number of ether oxygens (including phenoxy) is 1. The van der Waals surface area contributed by atoms with Crippen molar-refractivity contribution < 1.29 is 13.5 Å². The third kappa shape index (κ3) is 4.59. The number of likely N-dealkylation sites (tertiary alicyclic amines) is 1. The summed E-state index contributed by atoms with van der Waals surface area (Å²) < 4.78 is 35.7. The van der Waals surface area contributed by atoms with Crippen LogP contribution in [0.2, 0.25) is 0 Å². The van der Waals surface area contributed by atoms with Gasteiger partial charge in [0.2, 0.25) is 5.95 Å². The molecule has 0 spiro atoms. The molecule has 0 saturated carbocycles. The molecule has 1 saturated heterocycles. The second kappa shape index (κ2) is 10.1. The van der Waals surface area contributed by atoms with Gasteiger partial charge in [-0.15, -0.1) is 0 Å². The van der Waals surface area contributed by atoms with Gasteiger partial charge in [-0.1, -0.05) is 6.07 Å². The average Bonchev–Trinajstić information content (AvgIpc) is 3.41. The van der Waals surface area contributed by atoms with E-state index in [1.54, 1.807) is 6.07 Å². The third-order valence-electron chi connectivity index (χ3n) is 8.28. The van der Waals surface area contributed by atoms with E-state index in [0.717, 1.165) is 44.2 Å². The van der Waals surface area contributed by atoms with E-state index < -0.39 is 11.6 Å². The zero-order valence-electron chi connectivity index (χ0n) is 22.4. The highest BCUT2D eigenvalue weighted by Gasteiger charge is 2.27. The van der Waals surface area contributed by atoms with E-state index in [9.17, 15) is 4.39 Å². The second-order valence-electron chi connectivity index (χ2n) is 11.0. The van der Waals surface area contributed by atoms with E-state index in [0.29, 0.717) is 36.3 Å². The van der Waals surface area contributed by atoms with Crippen molar-refractivity contribution in [2.75, 3.05) is 43.5 Å². The third-order valence-corrected chi connectivity index (χ3v) is 8.28. The van der Waals surface area contributed by atoms with Crippen LogP contribution in [-0.2, 0) is 12.8 Å². The van der Waals surface area contributed by atoms with Crippen LogP contribution in [0.5, 0.6) is 5.75 Å². The van der Waals surface area contributed by atoms with Crippen LogP contribution in [0.3, 0.4) is 0 Å². The Morgan fingerprint density at radius 3 is 2.61 bits per heavy atom. The number of piperidine rings is 1. The molecule has 0 amide bonds. The van der Waals surface area contributed by atoms with Crippen LogP contribution in [0.4, 0.5) is 26.1 Å². The summed E-state index contributed by atoms with van der Waals surface area (Å²) in [5.74, 6) is 0.0109. The molecule has 2 aromatic carbocycles. The number of anilines is 3. The molecule has 0 radical (unpaired) electrons. The van der Waals surface area contributed by atoms with Crippen molar-refractivity contribution in [3.63, 3.8) is 0 Å². The van der Waals surface area contributed by atoms with E-state index in [-0.39, 0.29) is 17.5 Å². The number of benzene rings is 2. The lowest BCUT2D eigenvalue weighted by Gasteiger charge is -2.34. The van der Waals surface area contributed by atoms with Gasteiger partial charge in [0.1, 0.15) is 12.3 Å². The maximum Gasteiger partial charge on any atom is 0.227 e. The molecule has 8 heteroatoms. The van der Waals surface area contributed by atoms with Crippen LogP contribution in [0.1, 0.15) is 55.7 Å². The zero-order chi connectivity index (χ0) is 26.4. The standard InChI is InChI=1S/C30H35F2N5O/c1-18(2)37-13-14-38-29-24(31)15-20(16-27(29)37)28-25(32)17-33-30(35-28)34-26-8-7-21(22-5-4-6-23(22)26)19-9-11-36(3)12-10-19/h7-8,15-19H,4-6,9-14H2,1-3H3,(H,33,34,35).